The number of likely N-dealkylation sites (tertiary alicyclic amines) is 1. The van der Waals surface area contributed by atoms with E-state index in [0.29, 0.717) is 5.69 Å². The fourth-order valence-corrected chi connectivity index (χ4v) is 4.74. The molecule has 0 bridgehead atoms. The van der Waals surface area contributed by atoms with Gasteiger partial charge >= 0.3 is 5.97 Å². The van der Waals surface area contributed by atoms with Gasteiger partial charge in [-0.05, 0) is 25.5 Å². The van der Waals surface area contributed by atoms with Crippen LogP contribution in [0.15, 0.2) is 29.2 Å². The number of carbonyl (C=O) groups is 2. The molecule has 2 atom stereocenters. The van der Waals surface area contributed by atoms with Gasteiger partial charge < -0.3 is 15.3 Å². The predicted octanol–water partition coefficient (Wildman–Crippen LogP) is 0.572. The molecular weight excluding hydrogens is 334 g/mol. The maximum absolute atomic E-state index is 12.5. The number of aliphatic carboxylic acids is 1. The molecule has 1 aromatic rings. The second-order valence-electron chi connectivity index (χ2n) is 6.16. The molecule has 9 heteroatoms. The van der Waals surface area contributed by atoms with Crippen molar-refractivity contribution in [2.24, 2.45) is 0 Å². The minimum Gasteiger partial charge on any atom is -0.480 e. The molecule has 1 saturated heterocycles. The first-order valence-corrected chi connectivity index (χ1v) is 9.16. The first-order valence-electron chi connectivity index (χ1n) is 7.68. The van der Waals surface area contributed by atoms with E-state index in [-0.39, 0.29) is 36.6 Å². The van der Waals surface area contributed by atoms with Crippen LogP contribution in [0.2, 0.25) is 0 Å². The van der Waals surface area contributed by atoms with E-state index >= 15 is 0 Å². The summed E-state index contributed by atoms with van der Waals surface area (Å²) in [5.41, 5.74) is -0.501. The number of para-hydroxylation sites is 1. The molecule has 0 unspecified atom stereocenters. The van der Waals surface area contributed by atoms with E-state index in [9.17, 15) is 18.0 Å². The van der Waals surface area contributed by atoms with E-state index in [1.54, 1.807) is 18.2 Å². The van der Waals surface area contributed by atoms with Gasteiger partial charge in [0.05, 0.1) is 5.69 Å². The molecule has 1 amide bonds. The number of hydrogen-bond acceptors (Lipinski definition) is 5. The lowest BCUT2D eigenvalue weighted by atomic mass is 10.0. The van der Waals surface area contributed by atoms with Crippen LogP contribution < -0.4 is 10.0 Å². The van der Waals surface area contributed by atoms with Gasteiger partial charge in [-0.3, -0.25) is 4.79 Å². The molecule has 0 radical (unpaired) electrons. The highest BCUT2D eigenvalue weighted by molar-refractivity contribution is 7.89. The van der Waals surface area contributed by atoms with Crippen molar-refractivity contribution < 1.29 is 23.1 Å². The zero-order valence-corrected chi connectivity index (χ0v) is 14.0. The Morgan fingerprint density at radius 3 is 2.75 bits per heavy atom. The Bertz CT molecular complexity index is 794. The summed E-state index contributed by atoms with van der Waals surface area (Å²) >= 11 is 0. The topological polar surface area (TPSA) is 116 Å². The summed E-state index contributed by atoms with van der Waals surface area (Å²) < 4.78 is 27.7. The van der Waals surface area contributed by atoms with Gasteiger partial charge in [0.25, 0.3) is 0 Å². The molecular formula is C15H19N3O5S. The van der Waals surface area contributed by atoms with Crippen molar-refractivity contribution >= 4 is 27.6 Å². The Kier molecular flexibility index (Phi) is 4.00. The maximum Gasteiger partial charge on any atom is 0.326 e. The number of amides is 1. The lowest BCUT2D eigenvalue weighted by Gasteiger charge is -2.39. The second-order valence-corrected chi connectivity index (χ2v) is 7.81. The molecule has 2 aliphatic heterocycles. The molecule has 3 rings (SSSR count). The molecule has 1 aromatic carbocycles. The van der Waals surface area contributed by atoms with Crippen LogP contribution in [0.3, 0.4) is 0 Å². The summed E-state index contributed by atoms with van der Waals surface area (Å²) in [6.45, 7) is 1.61. The summed E-state index contributed by atoms with van der Waals surface area (Å²) in [5, 5.41) is 12.3. The number of benzene rings is 1. The Morgan fingerprint density at radius 1 is 1.33 bits per heavy atom. The van der Waals surface area contributed by atoms with Crippen molar-refractivity contribution in [2.45, 2.75) is 42.8 Å². The van der Waals surface area contributed by atoms with Crippen LogP contribution in [-0.2, 0) is 19.6 Å². The van der Waals surface area contributed by atoms with Crippen molar-refractivity contribution in [2.75, 3.05) is 11.9 Å². The average molecular weight is 353 g/mol. The number of carboxylic acids is 1. The van der Waals surface area contributed by atoms with E-state index in [1.807, 2.05) is 0 Å². The van der Waals surface area contributed by atoms with Gasteiger partial charge in [0.1, 0.15) is 16.6 Å². The summed E-state index contributed by atoms with van der Waals surface area (Å²) in [7, 11) is -3.70. The van der Waals surface area contributed by atoms with Crippen molar-refractivity contribution in [3.05, 3.63) is 24.3 Å². The molecule has 1 fully saturated rings. The first-order chi connectivity index (χ1) is 11.2. The number of fused-ring (bicyclic) bond motifs is 1. The van der Waals surface area contributed by atoms with E-state index < -0.39 is 27.7 Å². The van der Waals surface area contributed by atoms with Crippen molar-refractivity contribution in [3.63, 3.8) is 0 Å². The standard InChI is InChI=1S/C15H19N3O5S/c1-10(14(20)21)18-9-8-15(7-6-13(18)19)16-11-4-2-3-5-12(11)24(22,23)17-15/h2-5,10,16-17H,6-9H2,1H3,(H,20,21)/t10-,15+/m1/s1. The normalized spacial score (nSPS) is 27.0. The van der Waals surface area contributed by atoms with Crippen LogP contribution in [0.1, 0.15) is 26.2 Å². The summed E-state index contributed by atoms with van der Waals surface area (Å²) in [5.74, 6) is -1.37. The minimum absolute atomic E-state index is 0.0648. The minimum atomic E-state index is -3.70. The van der Waals surface area contributed by atoms with E-state index in [2.05, 4.69) is 10.0 Å². The lowest BCUT2D eigenvalue weighted by molar-refractivity contribution is -0.149. The zero-order chi connectivity index (χ0) is 17.5. The number of carbonyl (C=O) groups excluding carboxylic acids is 1. The van der Waals surface area contributed by atoms with Gasteiger partial charge in [0, 0.05) is 19.4 Å². The third kappa shape index (κ3) is 2.84. The van der Waals surface area contributed by atoms with Gasteiger partial charge in [0.15, 0.2) is 0 Å². The van der Waals surface area contributed by atoms with E-state index in [0.717, 1.165) is 0 Å². The van der Waals surface area contributed by atoms with Crippen molar-refractivity contribution in [1.29, 1.82) is 0 Å². The molecule has 1 spiro atoms. The van der Waals surface area contributed by atoms with Crippen LogP contribution >= 0.6 is 0 Å². The van der Waals surface area contributed by atoms with Gasteiger partial charge in [-0.25, -0.2) is 13.2 Å². The first kappa shape index (κ1) is 16.7. The maximum atomic E-state index is 12.5. The number of carboxylic acid groups (broad SMARTS) is 1. The molecule has 24 heavy (non-hydrogen) atoms. The summed E-state index contributed by atoms with van der Waals surface area (Å²) in [6.07, 6.45) is 0.599. The number of anilines is 1. The highest BCUT2D eigenvalue weighted by Gasteiger charge is 2.44. The Balaban J connectivity index is 1.91. The molecule has 2 heterocycles. The number of nitrogens with one attached hydrogen (secondary N) is 2. The largest absolute Gasteiger partial charge is 0.480 e. The molecule has 3 N–H and O–H groups in total. The van der Waals surface area contributed by atoms with Gasteiger partial charge in [-0.1, -0.05) is 12.1 Å². The Labute approximate surface area is 139 Å². The number of nitrogens with zero attached hydrogens (tertiary/aromatic N) is 1. The monoisotopic (exact) mass is 353 g/mol. The number of hydrogen-bond donors (Lipinski definition) is 3. The number of rotatable bonds is 2. The molecule has 0 saturated carbocycles. The third-order valence-electron chi connectivity index (χ3n) is 4.57. The summed E-state index contributed by atoms with van der Waals surface area (Å²) in [6, 6.07) is 5.63. The lowest BCUT2D eigenvalue weighted by Crippen LogP contribution is -2.57. The fraction of sp³-hybridized carbons (Fsp3) is 0.467. The van der Waals surface area contributed by atoms with Crippen LogP contribution in [-0.4, -0.2) is 48.6 Å². The predicted molar refractivity (Wildman–Crippen MR) is 85.8 cm³/mol. The molecule has 0 aliphatic carbocycles. The van der Waals surface area contributed by atoms with Gasteiger partial charge in [0.2, 0.25) is 15.9 Å². The van der Waals surface area contributed by atoms with Crippen LogP contribution in [0, 0.1) is 0 Å². The fourth-order valence-electron chi connectivity index (χ4n) is 3.19. The Hall–Kier alpha value is -2.13. The van der Waals surface area contributed by atoms with Crippen LogP contribution in [0.4, 0.5) is 5.69 Å². The SMILES string of the molecule is C[C@H](C(=O)O)N1CC[C@@]2(CCC1=O)Nc1ccccc1S(=O)(=O)N2. The van der Waals surface area contributed by atoms with Crippen molar-refractivity contribution in [1.82, 2.24) is 9.62 Å². The van der Waals surface area contributed by atoms with Gasteiger partial charge in [-0.15, -0.1) is 0 Å². The zero-order valence-electron chi connectivity index (χ0n) is 13.2. The summed E-state index contributed by atoms with van der Waals surface area (Å²) in [4.78, 5) is 24.9. The van der Waals surface area contributed by atoms with E-state index in [1.165, 1.54) is 17.9 Å². The average Bonchev–Trinajstić information content (AvgIpc) is 2.66. The Morgan fingerprint density at radius 2 is 2.04 bits per heavy atom. The quantitative estimate of drug-likeness (QED) is 0.716. The van der Waals surface area contributed by atoms with E-state index in [4.69, 9.17) is 5.11 Å². The highest BCUT2D eigenvalue weighted by Crippen LogP contribution is 2.35. The highest BCUT2D eigenvalue weighted by atomic mass is 32.2. The van der Waals surface area contributed by atoms with Crippen LogP contribution in [0.25, 0.3) is 0 Å². The molecule has 0 aromatic heterocycles. The smallest absolute Gasteiger partial charge is 0.326 e. The third-order valence-corrected chi connectivity index (χ3v) is 6.17. The molecule has 2 aliphatic rings. The van der Waals surface area contributed by atoms with Crippen LogP contribution in [0.5, 0.6) is 0 Å². The van der Waals surface area contributed by atoms with Gasteiger partial charge in [-0.2, -0.15) is 4.72 Å². The molecule has 8 nitrogen and oxygen atoms in total. The number of sulfonamides is 1. The van der Waals surface area contributed by atoms with Crippen molar-refractivity contribution in [3.8, 4) is 0 Å². The molecule has 130 valence electrons. The second kappa shape index (κ2) is 5.75.